The van der Waals surface area contributed by atoms with E-state index in [9.17, 15) is 9.50 Å². The van der Waals surface area contributed by atoms with Gasteiger partial charge in [-0.3, -0.25) is 0 Å². The molecule has 0 saturated heterocycles. The van der Waals surface area contributed by atoms with Crippen molar-refractivity contribution in [3.05, 3.63) is 59.4 Å². The lowest BCUT2D eigenvalue weighted by Crippen LogP contribution is -2.10. The monoisotopic (exact) mass is 304 g/mol. The number of rotatable bonds is 3. The number of halogens is 1. The van der Waals surface area contributed by atoms with Crippen molar-refractivity contribution in [2.24, 2.45) is 0 Å². The summed E-state index contributed by atoms with van der Waals surface area (Å²) in [5.74, 6) is -0.293. The second kappa shape index (κ2) is 6.20. The minimum atomic E-state index is -0.649. The molecule has 1 N–H and O–H groups in total. The lowest BCUT2D eigenvalue weighted by molar-refractivity contribution is 0.198. The third-order valence-electron chi connectivity index (χ3n) is 3.39. The van der Waals surface area contributed by atoms with E-state index in [0.717, 1.165) is 4.90 Å². The van der Waals surface area contributed by atoms with Crippen LogP contribution in [0, 0.1) is 5.82 Å². The Bertz CT molecular complexity index is 612. The SMILES string of the molecule is C[C@@H](O)c1ccc(Sc2ccc(C(C)(C)C)cc2)c(F)c1. The molecule has 0 bridgehead atoms. The van der Waals surface area contributed by atoms with Crippen LogP contribution in [0.3, 0.4) is 0 Å². The van der Waals surface area contributed by atoms with Crippen LogP contribution >= 0.6 is 11.8 Å². The quantitative estimate of drug-likeness (QED) is 0.827. The minimum absolute atomic E-state index is 0.118. The van der Waals surface area contributed by atoms with Gasteiger partial charge in [-0.2, -0.15) is 0 Å². The first-order chi connectivity index (χ1) is 9.77. The summed E-state index contributed by atoms with van der Waals surface area (Å²) in [7, 11) is 0. The van der Waals surface area contributed by atoms with E-state index in [-0.39, 0.29) is 11.2 Å². The molecule has 0 aliphatic heterocycles. The van der Waals surface area contributed by atoms with Crippen molar-refractivity contribution < 1.29 is 9.50 Å². The highest BCUT2D eigenvalue weighted by Crippen LogP contribution is 2.32. The van der Waals surface area contributed by atoms with Gasteiger partial charge in [0.25, 0.3) is 0 Å². The van der Waals surface area contributed by atoms with Crippen LogP contribution in [-0.2, 0) is 5.41 Å². The zero-order chi connectivity index (χ0) is 15.6. The minimum Gasteiger partial charge on any atom is -0.389 e. The van der Waals surface area contributed by atoms with Crippen molar-refractivity contribution in [3.8, 4) is 0 Å². The summed E-state index contributed by atoms with van der Waals surface area (Å²) in [6.07, 6.45) is -0.649. The van der Waals surface area contributed by atoms with E-state index in [1.807, 2.05) is 12.1 Å². The van der Waals surface area contributed by atoms with Crippen LogP contribution in [0.15, 0.2) is 52.3 Å². The zero-order valence-corrected chi connectivity index (χ0v) is 13.7. The molecular formula is C18H21FOS. The topological polar surface area (TPSA) is 20.2 Å². The summed E-state index contributed by atoms with van der Waals surface area (Å²) in [5, 5.41) is 9.46. The predicted octanol–water partition coefficient (Wildman–Crippen LogP) is 5.33. The van der Waals surface area contributed by atoms with E-state index in [0.29, 0.717) is 10.5 Å². The summed E-state index contributed by atoms with van der Waals surface area (Å²) < 4.78 is 14.0. The predicted molar refractivity (Wildman–Crippen MR) is 86.3 cm³/mol. The van der Waals surface area contributed by atoms with Crippen molar-refractivity contribution in [1.29, 1.82) is 0 Å². The first-order valence-electron chi connectivity index (χ1n) is 7.03. The molecule has 0 saturated carbocycles. The van der Waals surface area contributed by atoms with E-state index in [1.54, 1.807) is 19.1 Å². The molecule has 1 atom stereocenters. The molecular weight excluding hydrogens is 283 g/mol. The number of aliphatic hydroxyl groups is 1. The molecule has 1 nitrogen and oxygen atoms in total. The number of aliphatic hydroxyl groups excluding tert-OH is 1. The highest BCUT2D eigenvalue weighted by Gasteiger charge is 2.13. The summed E-state index contributed by atoms with van der Waals surface area (Å²) in [5.41, 5.74) is 1.98. The smallest absolute Gasteiger partial charge is 0.137 e. The van der Waals surface area contributed by atoms with Crippen molar-refractivity contribution in [1.82, 2.24) is 0 Å². The molecule has 2 aromatic rings. The lowest BCUT2D eigenvalue weighted by Gasteiger charge is -2.19. The normalized spacial score (nSPS) is 13.2. The first kappa shape index (κ1) is 16.1. The van der Waals surface area contributed by atoms with Gasteiger partial charge >= 0.3 is 0 Å². The van der Waals surface area contributed by atoms with Gasteiger partial charge in [-0.15, -0.1) is 0 Å². The Hall–Kier alpha value is -1.32. The zero-order valence-electron chi connectivity index (χ0n) is 12.9. The third-order valence-corrected chi connectivity index (χ3v) is 4.45. The molecule has 0 aliphatic carbocycles. The Morgan fingerprint density at radius 2 is 1.67 bits per heavy atom. The maximum atomic E-state index is 14.0. The fourth-order valence-electron chi connectivity index (χ4n) is 2.01. The molecule has 2 aromatic carbocycles. The summed E-state index contributed by atoms with van der Waals surface area (Å²) in [6, 6.07) is 13.1. The van der Waals surface area contributed by atoms with E-state index < -0.39 is 6.10 Å². The van der Waals surface area contributed by atoms with Crippen LogP contribution in [-0.4, -0.2) is 5.11 Å². The van der Waals surface area contributed by atoms with E-state index in [1.165, 1.54) is 23.4 Å². The Balaban J connectivity index is 2.19. The van der Waals surface area contributed by atoms with Crippen LogP contribution in [0.1, 0.15) is 44.9 Å². The second-order valence-electron chi connectivity index (χ2n) is 6.24. The van der Waals surface area contributed by atoms with Crippen molar-refractivity contribution >= 4 is 11.8 Å². The van der Waals surface area contributed by atoms with E-state index >= 15 is 0 Å². The summed E-state index contributed by atoms with van der Waals surface area (Å²) in [6.45, 7) is 8.14. The van der Waals surface area contributed by atoms with Gasteiger partial charge in [-0.25, -0.2) is 4.39 Å². The standard InChI is InChI=1S/C18H21FOS/c1-12(20)13-5-10-17(16(19)11-13)21-15-8-6-14(7-9-15)18(2,3)4/h5-12,20H,1-4H3/t12-/m1/s1. The molecule has 0 aliphatic rings. The van der Waals surface area contributed by atoms with Crippen molar-refractivity contribution in [2.45, 2.75) is 49.0 Å². The maximum absolute atomic E-state index is 14.0. The molecule has 112 valence electrons. The van der Waals surface area contributed by atoms with Gasteiger partial charge < -0.3 is 5.11 Å². The van der Waals surface area contributed by atoms with Crippen LogP contribution in [0.5, 0.6) is 0 Å². The molecule has 2 rings (SSSR count). The number of hydrogen-bond donors (Lipinski definition) is 1. The second-order valence-corrected chi connectivity index (χ2v) is 7.36. The third kappa shape index (κ3) is 4.08. The van der Waals surface area contributed by atoms with Crippen LogP contribution in [0.25, 0.3) is 0 Å². The molecule has 0 fully saturated rings. The van der Waals surface area contributed by atoms with Gasteiger partial charge in [-0.1, -0.05) is 50.7 Å². The average Bonchev–Trinajstić information content (AvgIpc) is 2.40. The fraction of sp³-hybridized carbons (Fsp3) is 0.333. The van der Waals surface area contributed by atoms with Gasteiger partial charge in [0.05, 0.1) is 6.10 Å². The number of hydrogen-bond acceptors (Lipinski definition) is 2. The molecule has 21 heavy (non-hydrogen) atoms. The highest BCUT2D eigenvalue weighted by molar-refractivity contribution is 7.99. The maximum Gasteiger partial charge on any atom is 0.137 e. The van der Waals surface area contributed by atoms with Gasteiger partial charge in [0, 0.05) is 9.79 Å². The van der Waals surface area contributed by atoms with Crippen molar-refractivity contribution in [2.75, 3.05) is 0 Å². The van der Waals surface area contributed by atoms with Gasteiger partial charge in [0.1, 0.15) is 5.82 Å². The van der Waals surface area contributed by atoms with Crippen molar-refractivity contribution in [3.63, 3.8) is 0 Å². The molecule has 0 heterocycles. The fourth-order valence-corrected chi connectivity index (χ4v) is 2.83. The average molecular weight is 304 g/mol. The first-order valence-corrected chi connectivity index (χ1v) is 7.85. The number of benzene rings is 2. The Labute approximate surface area is 130 Å². The van der Waals surface area contributed by atoms with E-state index in [2.05, 4.69) is 32.9 Å². The Morgan fingerprint density at radius 3 is 2.14 bits per heavy atom. The van der Waals surface area contributed by atoms with Gasteiger partial charge in [-0.05, 0) is 47.7 Å². The molecule has 3 heteroatoms. The molecule has 0 unspecified atom stereocenters. The van der Waals surface area contributed by atoms with E-state index in [4.69, 9.17) is 0 Å². The molecule has 0 spiro atoms. The summed E-state index contributed by atoms with van der Waals surface area (Å²) in [4.78, 5) is 1.58. The lowest BCUT2D eigenvalue weighted by atomic mass is 9.87. The van der Waals surface area contributed by atoms with Crippen LogP contribution in [0.4, 0.5) is 4.39 Å². The molecule has 0 amide bonds. The van der Waals surface area contributed by atoms with Crippen LogP contribution in [0.2, 0.25) is 0 Å². The highest BCUT2D eigenvalue weighted by atomic mass is 32.2. The van der Waals surface area contributed by atoms with Gasteiger partial charge in [0.2, 0.25) is 0 Å². The largest absolute Gasteiger partial charge is 0.389 e. The summed E-state index contributed by atoms with van der Waals surface area (Å²) >= 11 is 1.40. The Kier molecular flexibility index (Phi) is 4.74. The Morgan fingerprint density at radius 1 is 1.05 bits per heavy atom. The van der Waals surface area contributed by atoms with Gasteiger partial charge in [0.15, 0.2) is 0 Å². The van der Waals surface area contributed by atoms with Crippen LogP contribution < -0.4 is 0 Å². The molecule has 0 radical (unpaired) electrons. The molecule has 0 aromatic heterocycles.